The summed E-state index contributed by atoms with van der Waals surface area (Å²) in [5.74, 6) is 0. The van der Waals surface area contributed by atoms with Gasteiger partial charge in [0.15, 0.2) is 0 Å². The van der Waals surface area contributed by atoms with Crippen molar-refractivity contribution >= 4 is 30.8 Å². The number of ether oxygens (including phenoxy) is 1. The van der Waals surface area contributed by atoms with Gasteiger partial charge >= 0.3 is 35.0 Å². The molecule has 0 unspecified atom stereocenters. The second kappa shape index (κ2) is 8.22. The third kappa shape index (κ3) is 4.17. The van der Waals surface area contributed by atoms with E-state index in [1.807, 2.05) is 17.3 Å². The van der Waals surface area contributed by atoms with E-state index >= 15 is 0 Å². The number of hydrogen-bond donors (Lipinski definition) is 0. The quantitative estimate of drug-likeness (QED) is 0.629. The molecule has 2 aliphatic rings. The van der Waals surface area contributed by atoms with E-state index in [1.165, 1.54) is 22.4 Å². The van der Waals surface area contributed by atoms with Crippen molar-refractivity contribution in [1.82, 2.24) is 4.90 Å². The zero-order chi connectivity index (χ0) is 16.1. The first-order valence-corrected chi connectivity index (χ1v) is 10.7. The van der Waals surface area contributed by atoms with Crippen LogP contribution >= 0.6 is 19.1 Å². The number of aliphatic imine (C=N–C) groups is 1. The molecule has 1 aromatic carbocycles. The Bertz CT molecular complexity index is 569. The van der Waals surface area contributed by atoms with Crippen molar-refractivity contribution in [2.45, 2.75) is 20.8 Å². The van der Waals surface area contributed by atoms with Gasteiger partial charge in [0.2, 0.25) is 6.67 Å². The molecule has 0 amide bonds. The van der Waals surface area contributed by atoms with Crippen molar-refractivity contribution in [2.75, 3.05) is 18.1 Å². The van der Waals surface area contributed by atoms with Gasteiger partial charge in [0.05, 0.1) is 6.54 Å². The maximum absolute atomic E-state index is 5.44. The van der Waals surface area contributed by atoms with E-state index in [9.17, 15) is 0 Å². The molecule has 122 valence electrons. The molecule has 7 heteroatoms. The fourth-order valence-corrected chi connectivity index (χ4v) is 2.57. The third-order valence-corrected chi connectivity index (χ3v) is 3.23. The zero-order valence-corrected chi connectivity index (χ0v) is 15.6. The fraction of sp³-hybridized carbons (Fsp3) is 0.333. The summed E-state index contributed by atoms with van der Waals surface area (Å²) in [7, 11) is 9.63. The second-order valence-electron chi connectivity index (χ2n) is 4.94. The summed E-state index contributed by atoms with van der Waals surface area (Å²) in [6.07, 6.45) is 3.90. The van der Waals surface area contributed by atoms with Crippen LogP contribution in [-0.4, -0.2) is 24.1 Å². The van der Waals surface area contributed by atoms with Crippen LogP contribution in [0, 0.1) is 27.4 Å². The van der Waals surface area contributed by atoms with Gasteiger partial charge in [-0.05, 0) is 31.9 Å². The third-order valence-electron chi connectivity index (χ3n) is 3.23. The van der Waals surface area contributed by atoms with Crippen molar-refractivity contribution in [1.29, 1.82) is 0 Å². The molecule has 0 aliphatic carbocycles. The van der Waals surface area contributed by atoms with Crippen LogP contribution in [0.4, 0.5) is 5.69 Å². The molecule has 0 N–H and O–H groups in total. The fourth-order valence-electron chi connectivity index (χ4n) is 2.57. The summed E-state index contributed by atoms with van der Waals surface area (Å²) < 4.78 is 5.44. The van der Waals surface area contributed by atoms with Gasteiger partial charge < -0.3 is 9.64 Å². The summed E-state index contributed by atoms with van der Waals surface area (Å²) in [6.45, 7) is 11.0. The Morgan fingerprint density at radius 2 is 1.73 bits per heavy atom. The van der Waals surface area contributed by atoms with Crippen LogP contribution in [0.1, 0.15) is 16.7 Å². The van der Waals surface area contributed by atoms with E-state index in [-0.39, 0.29) is 15.9 Å². The Hall–Kier alpha value is -0.728. The van der Waals surface area contributed by atoms with Crippen molar-refractivity contribution in [3.63, 3.8) is 0 Å². The van der Waals surface area contributed by atoms with Crippen LogP contribution in [-0.2, 0) is 20.7 Å². The number of halogens is 2. The minimum absolute atomic E-state index is 0.106. The van der Waals surface area contributed by atoms with E-state index in [2.05, 4.69) is 44.6 Å². The average Bonchev–Trinajstić information content (AvgIpc) is 3.08. The molecule has 2 radical (unpaired) electrons. The standard InChI is InChI=1S/C15H17N3O.2ClH.Pd/c1-11-8-12(2)14(13(3)9-11)17-5-6-18(10-17)15-16-4-7-19-15;;;/h5-6,8-9H,4,7H2,1-3H3;2*1H;/q;;;+2/p-2. The molecule has 0 aromatic heterocycles. The maximum atomic E-state index is 5.44. The number of aryl methyl sites for hydroxylation is 3. The van der Waals surface area contributed by atoms with Crippen LogP contribution in [0.2, 0.25) is 0 Å². The Labute approximate surface area is 147 Å². The zero-order valence-electron chi connectivity index (χ0n) is 12.5. The summed E-state index contributed by atoms with van der Waals surface area (Å²) in [5, 5.41) is 0. The molecule has 0 spiro atoms. The predicted molar refractivity (Wildman–Crippen MR) is 87.3 cm³/mol. The van der Waals surface area contributed by atoms with Crippen LogP contribution in [0.5, 0.6) is 0 Å². The molecule has 2 heterocycles. The van der Waals surface area contributed by atoms with E-state index in [1.54, 1.807) is 4.90 Å². The molecule has 0 atom stereocenters. The van der Waals surface area contributed by atoms with Crippen LogP contribution in [0.15, 0.2) is 29.5 Å². The Balaban J connectivity index is 0.000000545. The van der Waals surface area contributed by atoms with Crippen molar-refractivity contribution in [3.8, 4) is 0 Å². The predicted octanol–water partition coefficient (Wildman–Crippen LogP) is 3.96. The topological polar surface area (TPSA) is 28.1 Å². The van der Waals surface area contributed by atoms with Gasteiger partial charge in [-0.15, -0.1) is 0 Å². The number of rotatable bonds is 1. The molecule has 0 saturated heterocycles. The number of amidine groups is 1. The number of benzene rings is 1. The monoisotopic (exact) mass is 431 g/mol. The van der Waals surface area contributed by atoms with Crippen LogP contribution < -0.4 is 4.90 Å². The van der Waals surface area contributed by atoms with Gasteiger partial charge in [0, 0.05) is 18.1 Å². The van der Waals surface area contributed by atoms with Crippen molar-refractivity contribution in [2.24, 2.45) is 4.99 Å². The Morgan fingerprint density at radius 1 is 1.14 bits per heavy atom. The first kappa shape index (κ1) is 17.6. The molecule has 0 fully saturated rings. The summed E-state index contributed by atoms with van der Waals surface area (Å²) in [4.78, 5) is 8.08. The van der Waals surface area contributed by atoms with Crippen LogP contribution in [0.3, 0.4) is 0 Å². The van der Waals surface area contributed by atoms with E-state index < -0.39 is 0 Å². The SMILES string of the molecule is Cc1cc(C)c(N2[C]N(C3=NCCO3)C=C2)c(C)c1.[Cl][Pd][Cl]. The number of anilines is 1. The average molecular weight is 433 g/mol. The molecular formula is C15H17Cl2N3OPd. The van der Waals surface area contributed by atoms with E-state index in [0.717, 1.165) is 6.54 Å². The van der Waals surface area contributed by atoms with Crippen LogP contribution in [0.25, 0.3) is 0 Å². The van der Waals surface area contributed by atoms with E-state index in [0.29, 0.717) is 12.6 Å². The molecule has 4 nitrogen and oxygen atoms in total. The Kier molecular flexibility index (Phi) is 6.58. The van der Waals surface area contributed by atoms with Crippen molar-refractivity contribution in [3.05, 3.63) is 47.9 Å². The summed E-state index contributed by atoms with van der Waals surface area (Å²) in [6, 6.07) is 5.00. The first-order chi connectivity index (χ1) is 10.6. The van der Waals surface area contributed by atoms with E-state index in [4.69, 9.17) is 23.8 Å². The molecule has 22 heavy (non-hydrogen) atoms. The molecular weight excluding hydrogens is 416 g/mol. The minimum atomic E-state index is -0.106. The Morgan fingerprint density at radius 3 is 2.27 bits per heavy atom. The van der Waals surface area contributed by atoms with Gasteiger partial charge in [-0.3, -0.25) is 4.90 Å². The second-order valence-corrected chi connectivity index (χ2v) is 7.30. The van der Waals surface area contributed by atoms with Gasteiger partial charge in [0.1, 0.15) is 6.61 Å². The number of hydrogen-bond acceptors (Lipinski definition) is 4. The van der Waals surface area contributed by atoms with Gasteiger partial charge in [-0.25, -0.2) is 4.99 Å². The summed E-state index contributed by atoms with van der Waals surface area (Å²) >= 11 is -0.106. The number of nitrogens with zero attached hydrogens (tertiary/aromatic N) is 3. The molecule has 3 rings (SSSR count). The molecule has 0 saturated carbocycles. The van der Waals surface area contributed by atoms with Gasteiger partial charge in [-0.2, -0.15) is 0 Å². The van der Waals surface area contributed by atoms with Gasteiger partial charge in [-0.1, -0.05) is 17.7 Å². The normalized spacial score (nSPS) is 16.5. The molecule has 2 aliphatic heterocycles. The molecule has 0 bridgehead atoms. The van der Waals surface area contributed by atoms with Crippen molar-refractivity contribution < 1.29 is 20.7 Å². The first-order valence-electron chi connectivity index (χ1n) is 6.67. The summed E-state index contributed by atoms with van der Waals surface area (Å²) in [5.41, 5.74) is 4.93. The molecule has 1 aromatic rings. The van der Waals surface area contributed by atoms with Gasteiger partial charge in [0.25, 0.3) is 6.02 Å².